The van der Waals surface area contributed by atoms with Crippen LogP contribution in [0.15, 0.2) is 54.6 Å². The molecule has 30 heavy (non-hydrogen) atoms. The molecule has 2 N–H and O–H groups in total. The molecule has 0 spiro atoms. The molecule has 0 aromatic heterocycles. The molecule has 2 aromatic rings. The van der Waals surface area contributed by atoms with E-state index in [4.69, 9.17) is 21.7 Å². The van der Waals surface area contributed by atoms with Gasteiger partial charge in [-0.2, -0.15) is 0 Å². The van der Waals surface area contributed by atoms with Gasteiger partial charge in [0.25, 0.3) is 0 Å². The van der Waals surface area contributed by atoms with Crippen molar-refractivity contribution in [3.63, 3.8) is 0 Å². The van der Waals surface area contributed by atoms with E-state index in [1.807, 2.05) is 49.4 Å². The van der Waals surface area contributed by atoms with Crippen molar-refractivity contribution < 1.29 is 19.1 Å². The van der Waals surface area contributed by atoms with Crippen molar-refractivity contribution >= 4 is 34.9 Å². The smallest absolute Gasteiger partial charge is 0.306 e. The molecular formula is C23H28N2O4S. The predicted octanol–water partition coefficient (Wildman–Crippen LogP) is 4.24. The highest BCUT2D eigenvalue weighted by Crippen LogP contribution is 2.16. The quantitative estimate of drug-likeness (QED) is 0.317. The van der Waals surface area contributed by atoms with E-state index in [-0.39, 0.29) is 29.8 Å². The zero-order valence-corrected chi connectivity index (χ0v) is 18.0. The van der Waals surface area contributed by atoms with Gasteiger partial charge in [0.15, 0.2) is 5.11 Å². The largest absolute Gasteiger partial charge is 0.494 e. The first-order valence-corrected chi connectivity index (χ1v) is 10.5. The Morgan fingerprint density at radius 2 is 1.70 bits per heavy atom. The average Bonchev–Trinajstić information content (AvgIpc) is 2.75. The molecule has 0 saturated carbocycles. The summed E-state index contributed by atoms with van der Waals surface area (Å²) in [5, 5.41) is 5.67. The molecule has 0 unspecified atom stereocenters. The Kier molecular flexibility index (Phi) is 10.4. The van der Waals surface area contributed by atoms with Crippen molar-refractivity contribution in [1.82, 2.24) is 5.32 Å². The van der Waals surface area contributed by atoms with Crippen molar-refractivity contribution in [2.45, 2.75) is 39.0 Å². The first-order chi connectivity index (χ1) is 14.6. The number of hydrogen-bond donors (Lipinski definition) is 2. The average molecular weight is 429 g/mol. The number of carbonyl (C=O) groups excluding carboxylic acids is 2. The molecule has 0 saturated heterocycles. The Hall–Kier alpha value is -2.93. The van der Waals surface area contributed by atoms with E-state index in [2.05, 4.69) is 22.8 Å². The highest BCUT2D eigenvalue weighted by molar-refractivity contribution is 7.80. The summed E-state index contributed by atoms with van der Waals surface area (Å²) in [6.45, 7) is 2.92. The molecule has 2 rings (SSSR count). The minimum Gasteiger partial charge on any atom is -0.494 e. The molecular weight excluding hydrogens is 400 g/mol. The van der Waals surface area contributed by atoms with Crippen molar-refractivity contribution in [3.8, 4) is 5.75 Å². The van der Waals surface area contributed by atoms with E-state index in [0.717, 1.165) is 30.7 Å². The fourth-order valence-electron chi connectivity index (χ4n) is 2.60. The Bertz CT molecular complexity index is 810. The van der Waals surface area contributed by atoms with E-state index in [0.29, 0.717) is 13.2 Å². The van der Waals surface area contributed by atoms with Crippen LogP contribution in [0.25, 0.3) is 0 Å². The Labute approximate surface area is 183 Å². The summed E-state index contributed by atoms with van der Waals surface area (Å²) in [6.07, 6.45) is 2.73. The number of rotatable bonds is 11. The molecule has 6 nitrogen and oxygen atoms in total. The second-order valence-electron chi connectivity index (χ2n) is 6.68. The molecule has 0 fully saturated rings. The van der Waals surface area contributed by atoms with Gasteiger partial charge in [-0.3, -0.25) is 9.59 Å². The number of benzene rings is 2. The number of ether oxygens (including phenoxy) is 2. The number of esters is 1. The van der Waals surface area contributed by atoms with Gasteiger partial charge in [0.1, 0.15) is 5.75 Å². The van der Waals surface area contributed by atoms with Crippen molar-refractivity contribution in [2.75, 3.05) is 18.5 Å². The first kappa shape index (κ1) is 23.3. The van der Waals surface area contributed by atoms with Gasteiger partial charge in [0.2, 0.25) is 5.91 Å². The van der Waals surface area contributed by atoms with E-state index < -0.39 is 0 Å². The molecule has 1 amide bonds. The summed E-state index contributed by atoms with van der Waals surface area (Å²) in [5.41, 5.74) is 2.04. The van der Waals surface area contributed by atoms with Gasteiger partial charge < -0.3 is 20.1 Å². The molecule has 0 bridgehead atoms. The molecule has 7 heteroatoms. The monoisotopic (exact) mass is 428 g/mol. The van der Waals surface area contributed by atoms with Crippen LogP contribution in [0.1, 0.15) is 38.2 Å². The summed E-state index contributed by atoms with van der Waals surface area (Å²) >= 11 is 5.14. The van der Waals surface area contributed by atoms with Crippen molar-refractivity contribution in [3.05, 3.63) is 60.2 Å². The molecule has 160 valence electrons. The van der Waals surface area contributed by atoms with Crippen LogP contribution in [0.5, 0.6) is 5.75 Å². The fourth-order valence-corrected chi connectivity index (χ4v) is 2.83. The zero-order chi connectivity index (χ0) is 21.6. The van der Waals surface area contributed by atoms with Crippen LogP contribution in [0.3, 0.4) is 0 Å². The number of thiocarbonyl (C=S) groups is 1. The van der Waals surface area contributed by atoms with E-state index in [1.165, 1.54) is 5.56 Å². The second kappa shape index (κ2) is 13.3. The number of nitrogens with one attached hydrogen (secondary N) is 2. The summed E-state index contributed by atoms with van der Waals surface area (Å²) in [4.78, 5) is 23.3. The molecule has 0 heterocycles. The molecule has 0 aliphatic heterocycles. The third-order valence-electron chi connectivity index (χ3n) is 4.11. The predicted molar refractivity (Wildman–Crippen MR) is 122 cm³/mol. The lowest BCUT2D eigenvalue weighted by Gasteiger charge is -2.11. The lowest BCUT2D eigenvalue weighted by molar-refractivity contribution is -0.144. The highest BCUT2D eigenvalue weighted by atomic mass is 32.1. The SMILES string of the molecule is CCCOC(=O)CCC(=O)NC(=S)Nc1ccc(OCCCc2ccccc2)cc1. The number of carbonyl (C=O) groups is 2. The Balaban J connectivity index is 1.64. The van der Waals surface area contributed by atoms with Crippen LogP contribution < -0.4 is 15.4 Å². The summed E-state index contributed by atoms with van der Waals surface area (Å²) in [6, 6.07) is 17.7. The summed E-state index contributed by atoms with van der Waals surface area (Å²) < 4.78 is 10.7. The van der Waals surface area contributed by atoms with Gasteiger partial charge in [0, 0.05) is 12.1 Å². The van der Waals surface area contributed by atoms with Crippen LogP contribution in [0, 0.1) is 0 Å². The maximum atomic E-state index is 11.9. The second-order valence-corrected chi connectivity index (χ2v) is 7.09. The number of hydrogen-bond acceptors (Lipinski definition) is 5. The van der Waals surface area contributed by atoms with Gasteiger partial charge in [0.05, 0.1) is 19.6 Å². The maximum Gasteiger partial charge on any atom is 0.306 e. The summed E-state index contributed by atoms with van der Waals surface area (Å²) in [7, 11) is 0. The number of anilines is 1. The standard InChI is InChI=1S/C23H28N2O4S/c1-2-16-29-22(27)15-14-21(26)25-23(30)24-19-10-12-20(13-11-19)28-17-6-9-18-7-4-3-5-8-18/h3-5,7-8,10-13H,2,6,9,14-17H2,1H3,(H2,24,25,26,30). The van der Waals surface area contributed by atoms with Crippen LogP contribution >= 0.6 is 12.2 Å². The number of aryl methyl sites for hydroxylation is 1. The van der Waals surface area contributed by atoms with Gasteiger partial charge in [-0.15, -0.1) is 0 Å². The Morgan fingerprint density at radius 1 is 0.967 bits per heavy atom. The normalized spacial score (nSPS) is 10.2. The van der Waals surface area contributed by atoms with E-state index >= 15 is 0 Å². The molecule has 0 atom stereocenters. The third-order valence-corrected chi connectivity index (χ3v) is 4.31. The number of amides is 1. The Morgan fingerprint density at radius 3 is 2.40 bits per heavy atom. The molecule has 0 aliphatic carbocycles. The van der Waals surface area contributed by atoms with Crippen molar-refractivity contribution in [2.24, 2.45) is 0 Å². The zero-order valence-electron chi connectivity index (χ0n) is 17.2. The minimum absolute atomic E-state index is 0.0279. The van der Waals surface area contributed by atoms with Crippen LogP contribution in [-0.4, -0.2) is 30.2 Å². The van der Waals surface area contributed by atoms with Crippen LogP contribution in [0.2, 0.25) is 0 Å². The van der Waals surface area contributed by atoms with Crippen LogP contribution in [0.4, 0.5) is 5.69 Å². The van der Waals surface area contributed by atoms with Gasteiger partial charge in [-0.25, -0.2) is 0 Å². The first-order valence-electron chi connectivity index (χ1n) is 10.1. The van der Waals surface area contributed by atoms with Crippen LogP contribution in [-0.2, 0) is 20.7 Å². The van der Waals surface area contributed by atoms with E-state index in [1.54, 1.807) is 0 Å². The minimum atomic E-state index is -0.384. The molecule has 0 aliphatic rings. The lowest BCUT2D eigenvalue weighted by atomic mass is 10.1. The highest BCUT2D eigenvalue weighted by Gasteiger charge is 2.09. The fraction of sp³-hybridized carbons (Fsp3) is 0.348. The lowest BCUT2D eigenvalue weighted by Crippen LogP contribution is -2.34. The topological polar surface area (TPSA) is 76.7 Å². The molecule has 2 aromatic carbocycles. The van der Waals surface area contributed by atoms with E-state index in [9.17, 15) is 9.59 Å². The molecule has 0 radical (unpaired) electrons. The van der Waals surface area contributed by atoms with Gasteiger partial charge >= 0.3 is 5.97 Å². The van der Waals surface area contributed by atoms with Gasteiger partial charge in [-0.05, 0) is 61.3 Å². The third kappa shape index (κ3) is 9.52. The van der Waals surface area contributed by atoms with Gasteiger partial charge in [-0.1, -0.05) is 37.3 Å². The summed E-state index contributed by atoms with van der Waals surface area (Å²) in [5.74, 6) is 0.0544. The maximum absolute atomic E-state index is 11.9. The van der Waals surface area contributed by atoms with Crippen molar-refractivity contribution in [1.29, 1.82) is 0 Å².